The van der Waals surface area contributed by atoms with Crippen molar-refractivity contribution in [3.63, 3.8) is 0 Å². The molecule has 0 atom stereocenters. The summed E-state index contributed by atoms with van der Waals surface area (Å²) in [5.74, 6) is 1.83. The summed E-state index contributed by atoms with van der Waals surface area (Å²) in [6.45, 7) is 6.51. The number of hydrogen-bond donors (Lipinski definition) is 0. The van der Waals surface area contributed by atoms with Crippen molar-refractivity contribution in [1.29, 1.82) is 0 Å². The first kappa shape index (κ1) is 14.8. The Bertz CT molecular complexity index is 622. The third-order valence-electron chi connectivity index (χ3n) is 3.97. The van der Waals surface area contributed by atoms with E-state index in [9.17, 15) is 0 Å². The molecule has 1 saturated heterocycles. The van der Waals surface area contributed by atoms with Gasteiger partial charge in [0.2, 0.25) is 5.95 Å². The molecule has 4 nitrogen and oxygen atoms in total. The number of rotatable bonds is 5. The highest BCUT2D eigenvalue weighted by atomic mass is 15.5. The van der Waals surface area contributed by atoms with Gasteiger partial charge in [0.15, 0.2) is 5.82 Å². The van der Waals surface area contributed by atoms with Crippen LogP contribution in [0.3, 0.4) is 0 Å². The van der Waals surface area contributed by atoms with Crippen molar-refractivity contribution in [1.82, 2.24) is 14.8 Å². The molecule has 2 heterocycles. The standard InChI is InChI=1S/C18H24N4/c1-15(2)22-18(21-13-6-7-14-21)19-17(20-22)12-8-11-16-9-4-3-5-10-16/h3-5,8-10,12,15H,6-7,11,13-14H2,1-2H3/b12-8+. The van der Waals surface area contributed by atoms with Gasteiger partial charge in [-0.25, -0.2) is 4.68 Å². The molecule has 4 heteroatoms. The highest BCUT2D eigenvalue weighted by Gasteiger charge is 2.20. The van der Waals surface area contributed by atoms with Crippen LogP contribution in [0, 0.1) is 0 Å². The van der Waals surface area contributed by atoms with Crippen molar-refractivity contribution in [2.24, 2.45) is 0 Å². The number of hydrogen-bond acceptors (Lipinski definition) is 3. The molecule has 0 aliphatic carbocycles. The minimum Gasteiger partial charge on any atom is -0.341 e. The van der Waals surface area contributed by atoms with Gasteiger partial charge in [-0.05, 0) is 44.7 Å². The molecule has 1 aliphatic rings. The summed E-state index contributed by atoms with van der Waals surface area (Å²) in [7, 11) is 0. The molecule has 116 valence electrons. The van der Waals surface area contributed by atoms with Crippen molar-refractivity contribution >= 4 is 12.0 Å². The fourth-order valence-corrected chi connectivity index (χ4v) is 2.80. The van der Waals surface area contributed by atoms with E-state index in [1.54, 1.807) is 0 Å². The Labute approximate surface area is 132 Å². The number of nitrogens with zero attached hydrogens (tertiary/aromatic N) is 4. The summed E-state index contributed by atoms with van der Waals surface area (Å²) in [6, 6.07) is 10.8. The predicted molar refractivity (Wildman–Crippen MR) is 91.0 cm³/mol. The van der Waals surface area contributed by atoms with Crippen molar-refractivity contribution in [3.8, 4) is 0 Å². The van der Waals surface area contributed by atoms with Crippen molar-refractivity contribution < 1.29 is 0 Å². The maximum absolute atomic E-state index is 4.74. The Hall–Kier alpha value is -2.10. The number of aromatic nitrogens is 3. The topological polar surface area (TPSA) is 34.0 Å². The Balaban J connectivity index is 1.75. The first-order valence-corrected chi connectivity index (χ1v) is 8.16. The quantitative estimate of drug-likeness (QED) is 0.843. The Kier molecular flexibility index (Phi) is 4.56. The third kappa shape index (κ3) is 3.38. The second-order valence-corrected chi connectivity index (χ2v) is 6.09. The summed E-state index contributed by atoms with van der Waals surface area (Å²) < 4.78 is 2.05. The average molecular weight is 296 g/mol. The lowest BCUT2D eigenvalue weighted by Gasteiger charge is -2.18. The molecule has 0 N–H and O–H groups in total. The van der Waals surface area contributed by atoms with Gasteiger partial charge in [-0.3, -0.25) is 0 Å². The maximum Gasteiger partial charge on any atom is 0.224 e. The summed E-state index contributed by atoms with van der Waals surface area (Å²) in [5.41, 5.74) is 1.31. The molecule has 0 amide bonds. The van der Waals surface area contributed by atoms with Crippen LogP contribution in [0.25, 0.3) is 6.08 Å². The van der Waals surface area contributed by atoms with E-state index in [0.29, 0.717) is 6.04 Å². The molecule has 0 unspecified atom stereocenters. The summed E-state index contributed by atoms with van der Waals surface area (Å²) in [6.07, 6.45) is 7.60. The van der Waals surface area contributed by atoms with Crippen LogP contribution in [0.4, 0.5) is 5.95 Å². The molecular formula is C18H24N4. The second kappa shape index (κ2) is 6.77. The maximum atomic E-state index is 4.74. The lowest BCUT2D eigenvalue weighted by molar-refractivity contribution is 0.527. The van der Waals surface area contributed by atoms with Crippen LogP contribution < -0.4 is 4.90 Å². The smallest absolute Gasteiger partial charge is 0.224 e. The fraction of sp³-hybridized carbons (Fsp3) is 0.444. The van der Waals surface area contributed by atoms with E-state index in [2.05, 4.69) is 54.2 Å². The first-order valence-electron chi connectivity index (χ1n) is 8.16. The molecule has 1 fully saturated rings. The third-order valence-corrected chi connectivity index (χ3v) is 3.97. The molecule has 22 heavy (non-hydrogen) atoms. The molecular weight excluding hydrogens is 272 g/mol. The van der Waals surface area contributed by atoms with Gasteiger partial charge in [0, 0.05) is 13.1 Å². The van der Waals surface area contributed by atoms with E-state index in [1.165, 1.54) is 18.4 Å². The molecule has 0 spiro atoms. The highest BCUT2D eigenvalue weighted by molar-refractivity contribution is 5.45. The summed E-state index contributed by atoms with van der Waals surface area (Å²) >= 11 is 0. The molecule has 0 saturated carbocycles. The van der Waals surface area contributed by atoms with Crippen molar-refractivity contribution in [3.05, 3.63) is 47.8 Å². The van der Waals surface area contributed by atoms with Gasteiger partial charge >= 0.3 is 0 Å². The zero-order valence-corrected chi connectivity index (χ0v) is 13.4. The van der Waals surface area contributed by atoms with E-state index in [0.717, 1.165) is 31.3 Å². The lowest BCUT2D eigenvalue weighted by Crippen LogP contribution is -2.23. The summed E-state index contributed by atoms with van der Waals surface area (Å²) in [4.78, 5) is 7.08. The number of anilines is 1. The first-order chi connectivity index (χ1) is 10.7. The van der Waals surface area contributed by atoms with Crippen LogP contribution in [0.15, 0.2) is 36.4 Å². The van der Waals surface area contributed by atoms with E-state index in [-0.39, 0.29) is 0 Å². The Morgan fingerprint density at radius 2 is 1.86 bits per heavy atom. The summed E-state index contributed by atoms with van der Waals surface area (Å²) in [5, 5.41) is 4.66. The van der Waals surface area contributed by atoms with Crippen LogP contribution in [-0.2, 0) is 6.42 Å². The molecule has 0 radical (unpaired) electrons. The van der Waals surface area contributed by atoms with Crippen molar-refractivity contribution in [2.75, 3.05) is 18.0 Å². The van der Waals surface area contributed by atoms with Crippen LogP contribution >= 0.6 is 0 Å². The second-order valence-electron chi connectivity index (χ2n) is 6.09. The minimum atomic E-state index is 0.333. The lowest BCUT2D eigenvalue weighted by atomic mass is 10.1. The zero-order chi connectivity index (χ0) is 15.4. The van der Waals surface area contributed by atoms with Crippen LogP contribution in [0.1, 0.15) is 44.1 Å². The fourth-order valence-electron chi connectivity index (χ4n) is 2.80. The average Bonchev–Trinajstić information content (AvgIpc) is 3.17. The largest absolute Gasteiger partial charge is 0.341 e. The van der Waals surface area contributed by atoms with E-state index >= 15 is 0 Å². The van der Waals surface area contributed by atoms with Gasteiger partial charge in [0.05, 0.1) is 6.04 Å². The van der Waals surface area contributed by atoms with Gasteiger partial charge in [-0.2, -0.15) is 4.98 Å². The van der Waals surface area contributed by atoms with Crippen LogP contribution in [0.5, 0.6) is 0 Å². The molecule has 0 bridgehead atoms. The Morgan fingerprint density at radius 1 is 1.14 bits per heavy atom. The molecule has 3 rings (SSSR count). The number of benzene rings is 1. The van der Waals surface area contributed by atoms with Gasteiger partial charge in [-0.15, -0.1) is 5.10 Å². The van der Waals surface area contributed by atoms with Crippen molar-refractivity contribution in [2.45, 2.75) is 39.2 Å². The Morgan fingerprint density at radius 3 is 2.55 bits per heavy atom. The van der Waals surface area contributed by atoms with Crippen LogP contribution in [0.2, 0.25) is 0 Å². The normalized spacial score (nSPS) is 15.3. The van der Waals surface area contributed by atoms with Gasteiger partial charge in [-0.1, -0.05) is 36.4 Å². The van der Waals surface area contributed by atoms with E-state index in [4.69, 9.17) is 4.98 Å². The molecule has 1 aromatic carbocycles. The molecule has 2 aromatic rings. The van der Waals surface area contributed by atoms with Gasteiger partial charge in [0.25, 0.3) is 0 Å². The number of allylic oxidation sites excluding steroid dienone is 1. The van der Waals surface area contributed by atoms with Gasteiger partial charge < -0.3 is 4.90 Å². The highest BCUT2D eigenvalue weighted by Crippen LogP contribution is 2.21. The van der Waals surface area contributed by atoms with Gasteiger partial charge in [0.1, 0.15) is 0 Å². The zero-order valence-electron chi connectivity index (χ0n) is 13.4. The monoisotopic (exact) mass is 296 g/mol. The molecule has 1 aliphatic heterocycles. The van der Waals surface area contributed by atoms with E-state index in [1.807, 2.05) is 16.8 Å². The SMILES string of the molecule is CC(C)n1nc(/C=C/Cc2ccccc2)nc1N1CCCC1. The molecule has 1 aromatic heterocycles. The predicted octanol–water partition coefficient (Wildman–Crippen LogP) is 3.72. The van der Waals surface area contributed by atoms with Crippen LogP contribution in [-0.4, -0.2) is 27.9 Å². The minimum absolute atomic E-state index is 0.333. The van der Waals surface area contributed by atoms with E-state index < -0.39 is 0 Å².